The fourth-order valence-corrected chi connectivity index (χ4v) is 4.39. The number of hydrogen-bond donors (Lipinski definition) is 1. The van der Waals surface area contributed by atoms with Gasteiger partial charge in [-0.25, -0.2) is 0 Å². The predicted molar refractivity (Wildman–Crippen MR) is 60.3 cm³/mol. The molecule has 1 aliphatic heterocycles. The van der Waals surface area contributed by atoms with Gasteiger partial charge in [-0.05, 0) is 51.3 Å². The minimum Gasteiger partial charge on any atom is -0.315 e. The van der Waals surface area contributed by atoms with Crippen LogP contribution < -0.4 is 5.32 Å². The Hall–Kier alpha value is 0.310. The zero-order chi connectivity index (χ0) is 9.31. The molecule has 1 heterocycles. The molecule has 2 unspecified atom stereocenters. The van der Waals surface area contributed by atoms with Crippen molar-refractivity contribution in [1.82, 2.24) is 5.32 Å². The minimum atomic E-state index is 0.542. The Balaban J connectivity index is 2.01. The maximum Gasteiger partial charge on any atom is 0.0287 e. The van der Waals surface area contributed by atoms with Crippen molar-refractivity contribution < 1.29 is 0 Å². The standard InChI is InChI=1S/C11H21NS/c1-11(7-4-8-13-11)10(12-2)9-5-3-6-9/h9-10,12H,3-8H2,1-2H3. The quantitative estimate of drug-likeness (QED) is 0.750. The smallest absolute Gasteiger partial charge is 0.0287 e. The summed E-state index contributed by atoms with van der Waals surface area (Å²) < 4.78 is 0.542. The molecule has 0 radical (unpaired) electrons. The van der Waals surface area contributed by atoms with Gasteiger partial charge in [0.15, 0.2) is 0 Å². The maximum atomic E-state index is 3.57. The Bertz CT molecular complexity index is 171. The van der Waals surface area contributed by atoms with Gasteiger partial charge in [0.25, 0.3) is 0 Å². The Morgan fingerprint density at radius 2 is 2.15 bits per heavy atom. The summed E-state index contributed by atoms with van der Waals surface area (Å²) in [4.78, 5) is 0. The molecule has 76 valence electrons. The van der Waals surface area contributed by atoms with E-state index < -0.39 is 0 Å². The lowest BCUT2D eigenvalue weighted by molar-refractivity contribution is 0.202. The Labute approximate surface area is 86.0 Å². The number of rotatable bonds is 3. The average molecular weight is 199 g/mol. The molecule has 0 aromatic heterocycles. The second kappa shape index (κ2) is 3.82. The molecule has 2 heteroatoms. The first-order valence-corrected chi connectivity index (χ1v) is 6.56. The van der Waals surface area contributed by atoms with Gasteiger partial charge >= 0.3 is 0 Å². The largest absolute Gasteiger partial charge is 0.315 e. The molecule has 0 bridgehead atoms. The number of hydrogen-bond acceptors (Lipinski definition) is 2. The van der Waals surface area contributed by atoms with E-state index in [1.165, 1.54) is 37.9 Å². The molecule has 13 heavy (non-hydrogen) atoms. The third-order valence-corrected chi connectivity index (χ3v) is 5.45. The van der Waals surface area contributed by atoms with E-state index in [4.69, 9.17) is 0 Å². The molecule has 1 aliphatic carbocycles. The van der Waals surface area contributed by atoms with Crippen LogP contribution in [-0.2, 0) is 0 Å². The molecule has 2 atom stereocenters. The maximum absolute atomic E-state index is 3.57. The van der Waals surface area contributed by atoms with Gasteiger partial charge in [-0.15, -0.1) is 0 Å². The molecule has 1 saturated heterocycles. The highest BCUT2D eigenvalue weighted by molar-refractivity contribution is 8.00. The average Bonchev–Trinajstić information content (AvgIpc) is 2.44. The van der Waals surface area contributed by atoms with Crippen molar-refractivity contribution in [3.63, 3.8) is 0 Å². The van der Waals surface area contributed by atoms with Crippen LogP contribution in [-0.4, -0.2) is 23.6 Å². The highest BCUT2D eigenvalue weighted by Gasteiger charge is 2.42. The first-order chi connectivity index (χ1) is 6.26. The lowest BCUT2D eigenvalue weighted by Crippen LogP contribution is -2.50. The van der Waals surface area contributed by atoms with Crippen LogP contribution in [0.25, 0.3) is 0 Å². The lowest BCUT2D eigenvalue weighted by atomic mass is 9.74. The number of thioether (sulfide) groups is 1. The third kappa shape index (κ3) is 1.75. The van der Waals surface area contributed by atoms with Crippen LogP contribution >= 0.6 is 11.8 Å². The molecule has 1 nitrogen and oxygen atoms in total. The van der Waals surface area contributed by atoms with Gasteiger partial charge in [0.05, 0.1) is 0 Å². The zero-order valence-electron chi connectivity index (χ0n) is 8.81. The van der Waals surface area contributed by atoms with Crippen LogP contribution in [0.5, 0.6) is 0 Å². The van der Waals surface area contributed by atoms with Gasteiger partial charge in [-0.1, -0.05) is 6.42 Å². The normalized spacial score (nSPS) is 37.4. The molecule has 0 aromatic carbocycles. The first kappa shape index (κ1) is 9.85. The van der Waals surface area contributed by atoms with Gasteiger partial charge in [0.2, 0.25) is 0 Å². The third-order valence-electron chi connectivity index (χ3n) is 3.84. The molecule has 0 spiro atoms. The zero-order valence-corrected chi connectivity index (χ0v) is 9.62. The Morgan fingerprint density at radius 1 is 1.38 bits per heavy atom. The van der Waals surface area contributed by atoms with E-state index in [-0.39, 0.29) is 0 Å². The Kier molecular flexibility index (Phi) is 2.89. The van der Waals surface area contributed by atoms with E-state index in [0.717, 1.165) is 12.0 Å². The molecule has 1 saturated carbocycles. The molecule has 0 amide bonds. The van der Waals surface area contributed by atoms with E-state index in [1.807, 2.05) is 0 Å². The van der Waals surface area contributed by atoms with E-state index in [1.54, 1.807) is 0 Å². The van der Waals surface area contributed by atoms with Crippen LogP contribution in [0.2, 0.25) is 0 Å². The molecule has 0 aromatic rings. The van der Waals surface area contributed by atoms with Crippen molar-refractivity contribution >= 4 is 11.8 Å². The summed E-state index contributed by atoms with van der Waals surface area (Å²) in [6, 6.07) is 0.772. The fourth-order valence-electron chi connectivity index (χ4n) is 2.86. The highest BCUT2D eigenvalue weighted by Crippen LogP contribution is 2.46. The van der Waals surface area contributed by atoms with Crippen LogP contribution in [0.1, 0.15) is 39.0 Å². The van der Waals surface area contributed by atoms with Crippen LogP contribution in [0.15, 0.2) is 0 Å². The van der Waals surface area contributed by atoms with Gasteiger partial charge in [0.1, 0.15) is 0 Å². The molecular formula is C11H21NS. The molecule has 1 N–H and O–H groups in total. The first-order valence-electron chi connectivity index (χ1n) is 5.57. The monoisotopic (exact) mass is 199 g/mol. The van der Waals surface area contributed by atoms with E-state index >= 15 is 0 Å². The predicted octanol–water partition coefficient (Wildman–Crippen LogP) is 2.66. The van der Waals surface area contributed by atoms with Crippen molar-refractivity contribution in [1.29, 1.82) is 0 Å². The van der Waals surface area contributed by atoms with Crippen molar-refractivity contribution in [2.24, 2.45) is 5.92 Å². The molecular weight excluding hydrogens is 178 g/mol. The van der Waals surface area contributed by atoms with Gasteiger partial charge in [0, 0.05) is 10.8 Å². The summed E-state index contributed by atoms with van der Waals surface area (Å²) in [6.45, 7) is 2.46. The summed E-state index contributed by atoms with van der Waals surface area (Å²) in [5.41, 5.74) is 0. The summed E-state index contributed by atoms with van der Waals surface area (Å²) in [5, 5.41) is 3.57. The minimum absolute atomic E-state index is 0.542. The van der Waals surface area contributed by atoms with Crippen molar-refractivity contribution in [3.05, 3.63) is 0 Å². The molecule has 2 aliphatic rings. The van der Waals surface area contributed by atoms with Gasteiger partial charge < -0.3 is 5.32 Å². The van der Waals surface area contributed by atoms with E-state index in [0.29, 0.717) is 4.75 Å². The Morgan fingerprint density at radius 3 is 2.54 bits per heavy atom. The van der Waals surface area contributed by atoms with Crippen molar-refractivity contribution in [2.75, 3.05) is 12.8 Å². The van der Waals surface area contributed by atoms with Gasteiger partial charge in [-0.3, -0.25) is 0 Å². The second-order valence-corrected chi connectivity index (χ2v) is 6.35. The SMILES string of the molecule is CNC(C1CCC1)C1(C)CCCS1. The summed E-state index contributed by atoms with van der Waals surface area (Å²) in [6.07, 6.45) is 7.22. The highest BCUT2D eigenvalue weighted by atomic mass is 32.2. The summed E-state index contributed by atoms with van der Waals surface area (Å²) in [5.74, 6) is 2.35. The van der Waals surface area contributed by atoms with Crippen LogP contribution in [0, 0.1) is 5.92 Å². The summed E-state index contributed by atoms with van der Waals surface area (Å²) >= 11 is 2.19. The fraction of sp³-hybridized carbons (Fsp3) is 1.00. The van der Waals surface area contributed by atoms with Crippen molar-refractivity contribution in [3.8, 4) is 0 Å². The van der Waals surface area contributed by atoms with E-state index in [2.05, 4.69) is 31.1 Å². The van der Waals surface area contributed by atoms with Crippen LogP contribution in [0.3, 0.4) is 0 Å². The summed E-state index contributed by atoms with van der Waals surface area (Å²) in [7, 11) is 2.15. The molecule has 2 fully saturated rings. The topological polar surface area (TPSA) is 12.0 Å². The second-order valence-electron chi connectivity index (χ2n) is 4.72. The number of nitrogens with one attached hydrogen (secondary N) is 1. The molecule has 2 rings (SSSR count). The van der Waals surface area contributed by atoms with Crippen molar-refractivity contribution in [2.45, 2.75) is 49.8 Å². The van der Waals surface area contributed by atoms with Crippen LogP contribution in [0.4, 0.5) is 0 Å². The lowest BCUT2D eigenvalue weighted by Gasteiger charge is -2.42. The van der Waals surface area contributed by atoms with Gasteiger partial charge in [-0.2, -0.15) is 11.8 Å². The van der Waals surface area contributed by atoms with E-state index in [9.17, 15) is 0 Å².